The van der Waals surface area contributed by atoms with Gasteiger partial charge in [0.25, 0.3) is 0 Å². The first-order valence-corrected chi connectivity index (χ1v) is 13.0. The van der Waals surface area contributed by atoms with Gasteiger partial charge in [-0.05, 0) is 50.4 Å². The second kappa shape index (κ2) is 31.5. The fraction of sp³-hybridized carbons (Fsp3) is 0.963. The SMILES string of the molecule is CC(=O)CCOCCOCCC(C)C.CCCOCCC(C)C.COCCOCCC(C)C. The number of carbonyl (C=O) groups is 1. The quantitative estimate of drug-likeness (QED) is 0.194. The van der Waals surface area contributed by atoms with Gasteiger partial charge in [0.2, 0.25) is 0 Å². The fourth-order valence-corrected chi connectivity index (χ4v) is 1.99. The first-order chi connectivity index (χ1) is 15.7. The molecule has 0 rings (SSSR count). The predicted molar refractivity (Wildman–Crippen MR) is 139 cm³/mol. The van der Waals surface area contributed by atoms with Crippen molar-refractivity contribution in [3.8, 4) is 0 Å². The summed E-state index contributed by atoms with van der Waals surface area (Å²) in [7, 11) is 1.69. The third kappa shape index (κ3) is 49.6. The van der Waals surface area contributed by atoms with Crippen molar-refractivity contribution in [2.45, 2.75) is 87.5 Å². The molecule has 0 N–H and O–H groups in total. The Labute approximate surface area is 206 Å². The van der Waals surface area contributed by atoms with Crippen LogP contribution < -0.4 is 0 Å². The maximum Gasteiger partial charge on any atom is 0.132 e. The van der Waals surface area contributed by atoms with Crippen LogP contribution in [0.4, 0.5) is 0 Å². The van der Waals surface area contributed by atoms with Crippen molar-refractivity contribution in [3.05, 3.63) is 0 Å². The van der Waals surface area contributed by atoms with Gasteiger partial charge in [0.1, 0.15) is 5.78 Å². The zero-order chi connectivity index (χ0) is 25.7. The molecule has 0 aromatic heterocycles. The molecule has 0 heterocycles. The third-order valence-electron chi connectivity index (χ3n) is 4.27. The summed E-state index contributed by atoms with van der Waals surface area (Å²) in [6.07, 6.45) is 5.07. The van der Waals surface area contributed by atoms with Gasteiger partial charge >= 0.3 is 0 Å². The first-order valence-electron chi connectivity index (χ1n) is 13.0. The van der Waals surface area contributed by atoms with E-state index in [0.29, 0.717) is 38.8 Å². The standard InChI is InChI=1S/C11H22O3.C8H18O2.C8H18O/c1-10(2)4-6-13-8-9-14-7-5-11(3)12;1-8(2)4-5-10-7-6-9-3;1-4-6-9-7-5-8(2)3/h10H,4-9H2,1-3H3;8H,4-7H2,1-3H3;8H,4-7H2,1-3H3. The Morgan fingerprint density at radius 1 is 0.576 bits per heavy atom. The van der Waals surface area contributed by atoms with Crippen LogP contribution in [-0.4, -0.2) is 72.4 Å². The lowest BCUT2D eigenvalue weighted by Crippen LogP contribution is -2.08. The third-order valence-corrected chi connectivity index (χ3v) is 4.27. The zero-order valence-electron chi connectivity index (χ0n) is 23.6. The number of rotatable bonds is 20. The predicted octanol–water partition coefficient (Wildman–Crippen LogP) is 6.20. The van der Waals surface area contributed by atoms with Crippen molar-refractivity contribution in [2.24, 2.45) is 17.8 Å². The van der Waals surface area contributed by atoms with Crippen molar-refractivity contribution in [3.63, 3.8) is 0 Å². The first kappa shape index (κ1) is 37.0. The van der Waals surface area contributed by atoms with Crippen LogP contribution in [0, 0.1) is 17.8 Å². The lowest BCUT2D eigenvalue weighted by Gasteiger charge is -2.06. The van der Waals surface area contributed by atoms with Gasteiger partial charge in [-0.2, -0.15) is 0 Å². The normalized spacial score (nSPS) is 10.8. The van der Waals surface area contributed by atoms with E-state index in [9.17, 15) is 4.79 Å². The molecule has 0 saturated heterocycles. The van der Waals surface area contributed by atoms with Crippen LogP contribution in [0.15, 0.2) is 0 Å². The average molecular weight is 479 g/mol. The van der Waals surface area contributed by atoms with Crippen molar-refractivity contribution in [2.75, 3.05) is 66.6 Å². The summed E-state index contributed by atoms with van der Waals surface area (Å²) < 4.78 is 25.9. The lowest BCUT2D eigenvalue weighted by atomic mass is 10.1. The highest BCUT2D eigenvalue weighted by Gasteiger charge is 1.96. The van der Waals surface area contributed by atoms with Crippen LogP contribution in [-0.2, 0) is 28.5 Å². The van der Waals surface area contributed by atoms with Crippen LogP contribution in [0.2, 0.25) is 0 Å². The molecule has 0 aliphatic heterocycles. The summed E-state index contributed by atoms with van der Waals surface area (Å²) >= 11 is 0. The molecule has 6 heteroatoms. The number of ether oxygens (including phenoxy) is 5. The van der Waals surface area contributed by atoms with Crippen LogP contribution in [0.5, 0.6) is 0 Å². The maximum absolute atomic E-state index is 10.5. The van der Waals surface area contributed by atoms with Gasteiger partial charge in [-0.15, -0.1) is 0 Å². The second-order valence-electron chi connectivity index (χ2n) is 9.44. The molecule has 0 aliphatic carbocycles. The molecular formula is C27H58O6. The summed E-state index contributed by atoms with van der Waals surface area (Å²) in [5, 5.41) is 0. The monoisotopic (exact) mass is 478 g/mol. The highest BCUT2D eigenvalue weighted by atomic mass is 16.5. The molecule has 6 nitrogen and oxygen atoms in total. The van der Waals surface area contributed by atoms with Gasteiger partial charge in [-0.1, -0.05) is 48.5 Å². The molecular weight excluding hydrogens is 420 g/mol. The van der Waals surface area contributed by atoms with E-state index in [1.54, 1.807) is 14.0 Å². The molecule has 0 aliphatic rings. The minimum atomic E-state index is 0.172. The zero-order valence-corrected chi connectivity index (χ0v) is 23.6. The number of Topliss-reactive ketones (excluding diaryl/α,β-unsaturated/α-hetero) is 1. The molecule has 0 radical (unpaired) electrons. The van der Waals surface area contributed by atoms with Gasteiger partial charge in [-0.25, -0.2) is 0 Å². The minimum absolute atomic E-state index is 0.172. The van der Waals surface area contributed by atoms with Crippen molar-refractivity contribution in [1.82, 2.24) is 0 Å². The van der Waals surface area contributed by atoms with E-state index in [1.807, 2.05) is 0 Å². The topological polar surface area (TPSA) is 63.2 Å². The Balaban J connectivity index is -0.000000423. The van der Waals surface area contributed by atoms with E-state index in [2.05, 4.69) is 48.5 Å². The fourth-order valence-electron chi connectivity index (χ4n) is 1.99. The van der Waals surface area contributed by atoms with E-state index < -0.39 is 0 Å². The van der Waals surface area contributed by atoms with E-state index in [-0.39, 0.29) is 5.78 Å². The van der Waals surface area contributed by atoms with E-state index in [0.717, 1.165) is 64.1 Å². The molecule has 33 heavy (non-hydrogen) atoms. The van der Waals surface area contributed by atoms with Gasteiger partial charge in [0.15, 0.2) is 0 Å². The lowest BCUT2D eigenvalue weighted by molar-refractivity contribution is -0.118. The Bertz CT molecular complexity index is 359. The largest absolute Gasteiger partial charge is 0.382 e. The van der Waals surface area contributed by atoms with E-state index in [4.69, 9.17) is 23.7 Å². The van der Waals surface area contributed by atoms with E-state index in [1.165, 1.54) is 6.42 Å². The maximum atomic E-state index is 10.5. The number of hydrogen-bond acceptors (Lipinski definition) is 6. The number of ketones is 1. The van der Waals surface area contributed by atoms with Crippen molar-refractivity contribution < 1.29 is 28.5 Å². The Morgan fingerprint density at radius 2 is 0.939 bits per heavy atom. The van der Waals surface area contributed by atoms with Gasteiger partial charge in [0, 0.05) is 40.0 Å². The van der Waals surface area contributed by atoms with E-state index >= 15 is 0 Å². The van der Waals surface area contributed by atoms with Crippen LogP contribution in [0.1, 0.15) is 87.5 Å². The molecule has 0 aromatic rings. The van der Waals surface area contributed by atoms with Crippen LogP contribution >= 0.6 is 0 Å². The minimum Gasteiger partial charge on any atom is -0.382 e. The van der Waals surface area contributed by atoms with Crippen molar-refractivity contribution in [1.29, 1.82) is 0 Å². The molecule has 0 atom stereocenters. The van der Waals surface area contributed by atoms with Gasteiger partial charge in [-0.3, -0.25) is 4.79 Å². The Kier molecular flexibility index (Phi) is 35.3. The smallest absolute Gasteiger partial charge is 0.132 e. The molecule has 0 fully saturated rings. The van der Waals surface area contributed by atoms with Crippen LogP contribution in [0.3, 0.4) is 0 Å². The highest BCUT2D eigenvalue weighted by molar-refractivity contribution is 5.75. The number of carbonyl (C=O) groups excluding carboxylic acids is 1. The van der Waals surface area contributed by atoms with Gasteiger partial charge in [0.05, 0.1) is 33.0 Å². The summed E-state index contributed by atoms with van der Waals surface area (Å²) in [6.45, 7) is 23.6. The average Bonchev–Trinajstić information content (AvgIpc) is 2.73. The number of hydrogen-bond donors (Lipinski definition) is 0. The molecule has 0 aromatic carbocycles. The highest BCUT2D eigenvalue weighted by Crippen LogP contribution is 1.99. The summed E-state index contributed by atoms with van der Waals surface area (Å²) in [5.74, 6) is 2.38. The molecule has 0 spiro atoms. The van der Waals surface area contributed by atoms with Crippen LogP contribution in [0.25, 0.3) is 0 Å². The summed E-state index contributed by atoms with van der Waals surface area (Å²) in [5.41, 5.74) is 0. The Morgan fingerprint density at radius 3 is 1.27 bits per heavy atom. The molecule has 0 bridgehead atoms. The molecule has 202 valence electrons. The summed E-state index contributed by atoms with van der Waals surface area (Å²) in [6, 6.07) is 0. The second-order valence-corrected chi connectivity index (χ2v) is 9.44. The Hall–Kier alpha value is -0.530. The van der Waals surface area contributed by atoms with Gasteiger partial charge < -0.3 is 23.7 Å². The number of methoxy groups -OCH3 is 1. The summed E-state index contributed by atoms with van der Waals surface area (Å²) in [4.78, 5) is 10.5. The molecule has 0 saturated carbocycles. The molecule has 0 unspecified atom stereocenters. The molecule has 0 amide bonds. The van der Waals surface area contributed by atoms with Crippen molar-refractivity contribution >= 4 is 5.78 Å².